The van der Waals surface area contributed by atoms with Gasteiger partial charge in [-0.25, -0.2) is 0 Å². The summed E-state index contributed by atoms with van der Waals surface area (Å²) in [5.41, 5.74) is 0.986. The highest BCUT2D eigenvalue weighted by Gasteiger charge is 2.47. The Morgan fingerprint density at radius 1 is 1.13 bits per heavy atom. The molecule has 0 spiro atoms. The molecule has 0 aliphatic carbocycles. The molecule has 0 aliphatic rings. The maximum absolute atomic E-state index is 10.8. The number of aliphatic hydroxyl groups is 1. The third kappa shape index (κ3) is 2.51. The van der Waals surface area contributed by atoms with Crippen molar-refractivity contribution >= 4 is 13.8 Å². The van der Waals surface area contributed by atoms with Gasteiger partial charge in [0.25, 0.3) is 0 Å². The summed E-state index contributed by atoms with van der Waals surface area (Å²) in [6, 6.07) is 3.39. The Balaban J connectivity index is 5.28. The van der Waals surface area contributed by atoms with Crippen LogP contribution in [-0.4, -0.2) is 31.2 Å². The lowest BCUT2D eigenvalue weighted by atomic mass is 10.2. The van der Waals surface area contributed by atoms with Gasteiger partial charge in [0.1, 0.15) is 0 Å². The van der Waals surface area contributed by atoms with Gasteiger partial charge in [-0.3, -0.25) is 4.99 Å². The van der Waals surface area contributed by atoms with Crippen LogP contribution in [0.3, 0.4) is 0 Å². The zero-order valence-corrected chi connectivity index (χ0v) is 12.2. The van der Waals surface area contributed by atoms with Gasteiger partial charge in [-0.1, -0.05) is 45.8 Å². The van der Waals surface area contributed by atoms with E-state index in [0.717, 1.165) is 30.3 Å². The zero-order chi connectivity index (χ0) is 12.1. The molecule has 0 rings (SSSR count). The van der Waals surface area contributed by atoms with Crippen molar-refractivity contribution in [1.82, 2.24) is 0 Å². The standard InChI is InChI=1S/C12H27NOSi/c1-7-11(13-6)12(5,14)15(8-2,9-3)10-4/h14H,7-10H2,1-6H3. The number of hydrogen-bond acceptors (Lipinski definition) is 2. The van der Waals surface area contributed by atoms with E-state index in [9.17, 15) is 5.11 Å². The third-order valence-electron chi connectivity index (χ3n) is 4.23. The lowest BCUT2D eigenvalue weighted by Gasteiger charge is -2.43. The Morgan fingerprint density at radius 3 is 1.73 bits per heavy atom. The molecule has 1 atom stereocenters. The topological polar surface area (TPSA) is 32.6 Å². The molecule has 0 aliphatic heterocycles. The fraction of sp³-hybridized carbons (Fsp3) is 0.917. The number of hydrogen-bond donors (Lipinski definition) is 1. The van der Waals surface area contributed by atoms with E-state index in [0.29, 0.717) is 0 Å². The van der Waals surface area contributed by atoms with Crippen LogP contribution in [0.25, 0.3) is 0 Å². The molecule has 0 saturated carbocycles. The summed E-state index contributed by atoms with van der Waals surface area (Å²) in [5.74, 6) is 0. The summed E-state index contributed by atoms with van der Waals surface area (Å²) >= 11 is 0. The summed E-state index contributed by atoms with van der Waals surface area (Å²) in [4.78, 5) is 4.29. The maximum Gasteiger partial charge on any atom is 0.0973 e. The minimum atomic E-state index is -1.63. The van der Waals surface area contributed by atoms with E-state index in [-0.39, 0.29) is 0 Å². The van der Waals surface area contributed by atoms with Crippen LogP contribution in [0.5, 0.6) is 0 Å². The van der Waals surface area contributed by atoms with Gasteiger partial charge in [0, 0.05) is 12.8 Å². The Morgan fingerprint density at radius 2 is 1.53 bits per heavy atom. The SMILES string of the molecule is CCC(=NC)C(C)(O)[Si](CC)(CC)CC. The summed E-state index contributed by atoms with van der Waals surface area (Å²) < 4.78 is 0. The second-order valence-corrected chi connectivity index (χ2v) is 10.1. The van der Waals surface area contributed by atoms with Crippen molar-refractivity contribution in [2.24, 2.45) is 4.99 Å². The predicted octanol–water partition coefficient (Wildman–Crippen LogP) is 3.27. The van der Waals surface area contributed by atoms with Gasteiger partial charge in [-0.15, -0.1) is 0 Å². The Bertz CT molecular complexity index is 211. The van der Waals surface area contributed by atoms with Crippen molar-refractivity contribution in [2.75, 3.05) is 7.05 Å². The quantitative estimate of drug-likeness (QED) is 0.550. The Kier molecular flexibility index (Phi) is 5.74. The molecule has 0 aromatic rings. The Labute approximate surface area is 95.8 Å². The molecular formula is C12H27NOSi. The monoisotopic (exact) mass is 229 g/mol. The van der Waals surface area contributed by atoms with E-state index >= 15 is 0 Å². The molecule has 1 unspecified atom stereocenters. The van der Waals surface area contributed by atoms with Crippen LogP contribution >= 0.6 is 0 Å². The molecule has 0 radical (unpaired) electrons. The molecule has 90 valence electrons. The molecule has 15 heavy (non-hydrogen) atoms. The van der Waals surface area contributed by atoms with Gasteiger partial charge in [-0.05, 0) is 13.3 Å². The first kappa shape index (κ1) is 14.8. The van der Waals surface area contributed by atoms with Crippen molar-refractivity contribution < 1.29 is 5.11 Å². The molecule has 2 nitrogen and oxygen atoms in total. The Hall–Kier alpha value is -0.153. The molecule has 0 bridgehead atoms. The van der Waals surface area contributed by atoms with Gasteiger partial charge < -0.3 is 5.11 Å². The van der Waals surface area contributed by atoms with Crippen LogP contribution in [0.4, 0.5) is 0 Å². The first-order chi connectivity index (χ1) is 6.95. The van der Waals surface area contributed by atoms with E-state index in [1.165, 1.54) is 0 Å². The van der Waals surface area contributed by atoms with E-state index in [1.54, 1.807) is 7.05 Å². The van der Waals surface area contributed by atoms with Crippen molar-refractivity contribution in [3.8, 4) is 0 Å². The van der Waals surface area contributed by atoms with Gasteiger partial charge in [0.15, 0.2) is 0 Å². The molecule has 0 aromatic heterocycles. The van der Waals surface area contributed by atoms with Crippen molar-refractivity contribution in [3.05, 3.63) is 0 Å². The summed E-state index contributed by atoms with van der Waals surface area (Å²) in [6.07, 6.45) is 0.859. The second kappa shape index (κ2) is 5.80. The van der Waals surface area contributed by atoms with Crippen LogP contribution in [-0.2, 0) is 0 Å². The largest absolute Gasteiger partial charge is 0.388 e. The first-order valence-corrected chi connectivity index (χ1v) is 8.76. The van der Waals surface area contributed by atoms with Gasteiger partial charge in [-0.2, -0.15) is 0 Å². The minimum Gasteiger partial charge on any atom is -0.388 e. The van der Waals surface area contributed by atoms with E-state index < -0.39 is 13.3 Å². The van der Waals surface area contributed by atoms with Crippen LogP contribution in [0.2, 0.25) is 18.1 Å². The van der Waals surface area contributed by atoms with Crippen molar-refractivity contribution in [1.29, 1.82) is 0 Å². The molecule has 0 heterocycles. The normalized spacial score (nSPS) is 17.7. The van der Waals surface area contributed by atoms with Crippen LogP contribution in [0, 0.1) is 0 Å². The molecule has 0 amide bonds. The van der Waals surface area contributed by atoms with Crippen LogP contribution < -0.4 is 0 Å². The van der Waals surface area contributed by atoms with Crippen molar-refractivity contribution in [2.45, 2.75) is 64.4 Å². The van der Waals surface area contributed by atoms with Gasteiger partial charge in [0.2, 0.25) is 0 Å². The lowest BCUT2D eigenvalue weighted by molar-refractivity contribution is 0.201. The molecule has 1 N–H and O–H groups in total. The number of nitrogens with zero attached hydrogens (tertiary/aromatic N) is 1. The maximum atomic E-state index is 10.8. The lowest BCUT2D eigenvalue weighted by Crippen LogP contribution is -2.60. The van der Waals surface area contributed by atoms with Gasteiger partial charge >= 0.3 is 0 Å². The van der Waals surface area contributed by atoms with E-state index in [4.69, 9.17) is 0 Å². The van der Waals surface area contributed by atoms with Crippen LogP contribution in [0.1, 0.15) is 41.0 Å². The predicted molar refractivity (Wildman–Crippen MR) is 71.5 cm³/mol. The first-order valence-electron chi connectivity index (χ1n) is 6.14. The highest BCUT2D eigenvalue weighted by molar-refractivity contribution is 6.85. The number of rotatable bonds is 6. The number of aliphatic imine (C=N–C) groups is 1. The molecule has 0 saturated heterocycles. The van der Waals surface area contributed by atoms with Crippen LogP contribution in [0.15, 0.2) is 4.99 Å². The fourth-order valence-corrected chi connectivity index (χ4v) is 7.27. The van der Waals surface area contributed by atoms with E-state index in [1.807, 2.05) is 6.92 Å². The van der Waals surface area contributed by atoms with Crippen molar-refractivity contribution in [3.63, 3.8) is 0 Å². The molecule has 0 aromatic carbocycles. The minimum absolute atomic E-state index is 0.630. The molecule has 0 fully saturated rings. The highest BCUT2D eigenvalue weighted by atomic mass is 28.3. The average Bonchev–Trinajstić information content (AvgIpc) is 2.22. The highest BCUT2D eigenvalue weighted by Crippen LogP contribution is 2.34. The summed E-state index contributed by atoms with van der Waals surface area (Å²) in [7, 11) is 0.174. The second-order valence-electron chi connectivity index (χ2n) is 4.44. The summed E-state index contributed by atoms with van der Waals surface area (Å²) in [6.45, 7) is 10.7. The van der Waals surface area contributed by atoms with E-state index in [2.05, 4.69) is 32.7 Å². The smallest absolute Gasteiger partial charge is 0.0973 e. The summed E-state index contributed by atoms with van der Waals surface area (Å²) in [5, 5.41) is 10.2. The fourth-order valence-electron chi connectivity index (χ4n) is 2.81. The third-order valence-corrected chi connectivity index (χ3v) is 10.6. The molecule has 3 heteroatoms. The molecular weight excluding hydrogens is 202 g/mol. The zero-order valence-electron chi connectivity index (χ0n) is 11.2. The van der Waals surface area contributed by atoms with Gasteiger partial charge in [0.05, 0.1) is 13.3 Å². The average molecular weight is 229 g/mol.